The van der Waals surface area contributed by atoms with E-state index in [1.807, 2.05) is 0 Å². The Labute approximate surface area is 101 Å². The van der Waals surface area contributed by atoms with Gasteiger partial charge >= 0.3 is 5.97 Å². The lowest BCUT2D eigenvalue weighted by molar-refractivity contribution is 0.0692. The minimum absolute atomic E-state index is 0.113. The van der Waals surface area contributed by atoms with E-state index in [4.69, 9.17) is 5.11 Å². The van der Waals surface area contributed by atoms with Crippen molar-refractivity contribution in [2.75, 3.05) is 11.9 Å². The molecule has 18 heavy (non-hydrogen) atoms. The first-order chi connectivity index (χ1) is 8.68. The highest BCUT2D eigenvalue weighted by molar-refractivity contribution is 5.88. The normalized spacial score (nSPS) is 10.3. The lowest BCUT2D eigenvalue weighted by Gasteiger charge is -2.06. The third-order valence-corrected chi connectivity index (χ3v) is 2.17. The van der Waals surface area contributed by atoms with E-state index in [9.17, 15) is 9.18 Å². The van der Waals surface area contributed by atoms with Crippen LogP contribution in [0.2, 0.25) is 0 Å². The van der Waals surface area contributed by atoms with Gasteiger partial charge < -0.3 is 14.9 Å². The van der Waals surface area contributed by atoms with Crippen LogP contribution in [0.5, 0.6) is 0 Å². The predicted molar refractivity (Wildman–Crippen MR) is 57.6 cm³/mol. The van der Waals surface area contributed by atoms with Gasteiger partial charge in [-0.3, -0.25) is 0 Å². The fourth-order valence-corrected chi connectivity index (χ4v) is 1.33. The third-order valence-electron chi connectivity index (χ3n) is 2.17. The van der Waals surface area contributed by atoms with E-state index in [0.717, 1.165) is 6.07 Å². The first-order valence-corrected chi connectivity index (χ1v) is 5.05. The number of aromatic nitrogens is 3. The molecule has 0 aliphatic heterocycles. The molecule has 7 nitrogen and oxygen atoms in total. The summed E-state index contributed by atoms with van der Waals surface area (Å²) in [5.41, 5.74) is -0.424. The molecule has 0 amide bonds. The van der Waals surface area contributed by atoms with E-state index in [1.165, 1.54) is 12.6 Å². The van der Waals surface area contributed by atoms with Gasteiger partial charge in [-0.25, -0.2) is 14.2 Å². The van der Waals surface area contributed by atoms with Crippen molar-refractivity contribution in [2.45, 2.75) is 6.42 Å². The van der Waals surface area contributed by atoms with Crippen molar-refractivity contribution in [1.82, 2.24) is 15.1 Å². The van der Waals surface area contributed by atoms with E-state index < -0.39 is 17.3 Å². The van der Waals surface area contributed by atoms with Crippen molar-refractivity contribution in [2.24, 2.45) is 0 Å². The van der Waals surface area contributed by atoms with Crippen LogP contribution in [0.25, 0.3) is 0 Å². The van der Waals surface area contributed by atoms with Gasteiger partial charge in [0.2, 0.25) is 6.39 Å². The van der Waals surface area contributed by atoms with Crippen LogP contribution in [0.1, 0.15) is 16.2 Å². The zero-order chi connectivity index (χ0) is 13.0. The summed E-state index contributed by atoms with van der Waals surface area (Å²) in [6.07, 6.45) is 2.83. The van der Waals surface area contributed by atoms with Crippen LogP contribution >= 0.6 is 0 Å². The van der Waals surface area contributed by atoms with Gasteiger partial charge in [0, 0.05) is 19.2 Å². The Morgan fingerprint density at radius 1 is 1.50 bits per heavy atom. The molecule has 0 atom stereocenters. The number of anilines is 1. The maximum atomic E-state index is 13.6. The lowest BCUT2D eigenvalue weighted by Crippen LogP contribution is -2.11. The Hall–Kier alpha value is -2.51. The van der Waals surface area contributed by atoms with Crippen LogP contribution in [0.4, 0.5) is 10.2 Å². The van der Waals surface area contributed by atoms with Gasteiger partial charge in [0.25, 0.3) is 0 Å². The molecule has 0 unspecified atom stereocenters. The molecular formula is C10H9FN4O3. The van der Waals surface area contributed by atoms with Gasteiger partial charge in [-0.1, -0.05) is 5.16 Å². The molecule has 0 aliphatic carbocycles. The van der Waals surface area contributed by atoms with Gasteiger partial charge in [-0.05, 0) is 6.07 Å². The Morgan fingerprint density at radius 2 is 2.33 bits per heavy atom. The number of pyridine rings is 1. The second kappa shape index (κ2) is 5.21. The maximum Gasteiger partial charge on any atom is 0.338 e. The smallest absolute Gasteiger partial charge is 0.338 e. The first kappa shape index (κ1) is 12.0. The summed E-state index contributed by atoms with van der Waals surface area (Å²) in [5, 5.41) is 15.0. The minimum Gasteiger partial charge on any atom is -0.478 e. The third kappa shape index (κ3) is 2.59. The lowest BCUT2D eigenvalue weighted by atomic mass is 10.2. The van der Waals surface area contributed by atoms with E-state index in [-0.39, 0.29) is 5.82 Å². The molecule has 0 spiro atoms. The highest BCUT2D eigenvalue weighted by Crippen LogP contribution is 2.14. The number of nitrogens with one attached hydrogen (secondary N) is 1. The van der Waals surface area contributed by atoms with Gasteiger partial charge in [-0.15, -0.1) is 0 Å². The topological polar surface area (TPSA) is 101 Å². The number of carboxylic acids is 1. The minimum atomic E-state index is -1.34. The van der Waals surface area contributed by atoms with Crippen LogP contribution in [-0.2, 0) is 6.42 Å². The number of carboxylic acid groups (broad SMARTS) is 1. The van der Waals surface area contributed by atoms with Gasteiger partial charge in [0.15, 0.2) is 17.5 Å². The molecule has 2 N–H and O–H groups in total. The Kier molecular flexibility index (Phi) is 3.46. The molecule has 0 saturated carbocycles. The maximum absolute atomic E-state index is 13.6. The number of rotatable bonds is 5. The van der Waals surface area contributed by atoms with E-state index in [0.29, 0.717) is 18.8 Å². The second-order valence-corrected chi connectivity index (χ2v) is 3.35. The highest BCUT2D eigenvalue weighted by atomic mass is 19.1. The zero-order valence-corrected chi connectivity index (χ0v) is 9.13. The van der Waals surface area contributed by atoms with E-state index in [1.54, 1.807) is 0 Å². The largest absolute Gasteiger partial charge is 0.478 e. The number of hydrogen-bond acceptors (Lipinski definition) is 6. The van der Waals surface area contributed by atoms with Crippen molar-refractivity contribution < 1.29 is 18.8 Å². The number of carbonyl (C=O) groups is 1. The standard InChI is InChI=1S/C10H9FN4O3/c11-8-6(10(16)17)1-3-12-9(8)13-4-2-7-14-5-18-15-7/h1,3,5H,2,4H2,(H,12,13)(H,16,17). The fraction of sp³-hybridized carbons (Fsp3) is 0.200. The van der Waals surface area contributed by atoms with Crippen molar-refractivity contribution in [1.29, 1.82) is 0 Å². The average molecular weight is 252 g/mol. The molecular weight excluding hydrogens is 243 g/mol. The molecule has 0 aliphatic rings. The molecule has 0 radical (unpaired) electrons. The molecule has 0 aromatic carbocycles. The molecule has 2 heterocycles. The van der Waals surface area contributed by atoms with Crippen LogP contribution in [0.3, 0.4) is 0 Å². The quantitative estimate of drug-likeness (QED) is 0.816. The van der Waals surface area contributed by atoms with E-state index >= 15 is 0 Å². The van der Waals surface area contributed by atoms with Crippen molar-refractivity contribution in [3.05, 3.63) is 35.9 Å². The Balaban J connectivity index is 2.01. The van der Waals surface area contributed by atoms with Crippen LogP contribution in [-0.4, -0.2) is 32.7 Å². The zero-order valence-electron chi connectivity index (χ0n) is 9.13. The molecule has 0 fully saturated rings. The van der Waals surface area contributed by atoms with Crippen LogP contribution in [0.15, 0.2) is 23.2 Å². The average Bonchev–Trinajstić information content (AvgIpc) is 2.84. The van der Waals surface area contributed by atoms with Gasteiger partial charge in [0.1, 0.15) is 5.56 Å². The van der Waals surface area contributed by atoms with Gasteiger partial charge in [0.05, 0.1) is 0 Å². The fourth-order valence-electron chi connectivity index (χ4n) is 1.33. The van der Waals surface area contributed by atoms with Crippen LogP contribution in [0, 0.1) is 5.82 Å². The predicted octanol–water partition coefficient (Wildman–Crippen LogP) is 0.957. The number of aromatic carboxylic acids is 1. The molecule has 2 aromatic heterocycles. The monoisotopic (exact) mass is 252 g/mol. The number of nitrogens with zero attached hydrogens (tertiary/aromatic N) is 3. The molecule has 8 heteroatoms. The summed E-state index contributed by atoms with van der Waals surface area (Å²) in [6, 6.07) is 1.10. The van der Waals surface area contributed by atoms with Crippen molar-refractivity contribution in [3.8, 4) is 0 Å². The van der Waals surface area contributed by atoms with Crippen LogP contribution < -0.4 is 5.32 Å². The second-order valence-electron chi connectivity index (χ2n) is 3.35. The summed E-state index contributed by atoms with van der Waals surface area (Å²) in [5.74, 6) is -1.87. The summed E-state index contributed by atoms with van der Waals surface area (Å²) in [4.78, 5) is 18.2. The summed E-state index contributed by atoms with van der Waals surface area (Å²) in [6.45, 7) is 0.312. The van der Waals surface area contributed by atoms with E-state index in [2.05, 4.69) is 25.0 Å². The van der Waals surface area contributed by atoms with Gasteiger partial charge in [-0.2, -0.15) is 4.98 Å². The molecule has 2 rings (SSSR count). The first-order valence-electron chi connectivity index (χ1n) is 5.05. The molecule has 0 bridgehead atoms. The number of hydrogen-bond donors (Lipinski definition) is 2. The summed E-state index contributed by atoms with van der Waals surface area (Å²) < 4.78 is 18.2. The summed E-state index contributed by atoms with van der Waals surface area (Å²) >= 11 is 0. The van der Waals surface area contributed by atoms with Crippen molar-refractivity contribution in [3.63, 3.8) is 0 Å². The highest BCUT2D eigenvalue weighted by Gasteiger charge is 2.14. The SMILES string of the molecule is O=C(O)c1ccnc(NCCc2ncon2)c1F. The molecule has 0 saturated heterocycles. The number of halogens is 1. The molecule has 2 aromatic rings. The Morgan fingerprint density at radius 3 is 3.00 bits per heavy atom. The Bertz CT molecular complexity index is 544. The molecule has 94 valence electrons. The van der Waals surface area contributed by atoms with Crippen molar-refractivity contribution >= 4 is 11.8 Å². The summed E-state index contributed by atoms with van der Waals surface area (Å²) in [7, 11) is 0.